The van der Waals surface area contributed by atoms with Gasteiger partial charge in [0.1, 0.15) is 6.10 Å². The molecule has 1 unspecified atom stereocenters. The van der Waals surface area contributed by atoms with Crippen LogP contribution in [0.1, 0.15) is 156 Å². The first-order valence-corrected chi connectivity index (χ1v) is 14.0. The summed E-state index contributed by atoms with van der Waals surface area (Å²) >= 11 is 0. The molecule has 0 rings (SSSR count). The SMILES string of the molecule is CCCCCCCCCCCCCCCCCCOC(=O)CCC(=O)OC(CC)CCC. The van der Waals surface area contributed by atoms with Crippen LogP contribution in [0.4, 0.5) is 0 Å². The van der Waals surface area contributed by atoms with Crippen LogP contribution in [0.25, 0.3) is 0 Å². The van der Waals surface area contributed by atoms with Crippen molar-refractivity contribution in [2.24, 2.45) is 0 Å². The number of ether oxygens (including phenoxy) is 2. The Bertz CT molecular complexity index is 422. The minimum Gasteiger partial charge on any atom is -0.466 e. The molecule has 0 bridgehead atoms. The van der Waals surface area contributed by atoms with Gasteiger partial charge in [0.05, 0.1) is 19.4 Å². The summed E-state index contributed by atoms with van der Waals surface area (Å²) < 4.78 is 10.6. The van der Waals surface area contributed by atoms with Gasteiger partial charge in [-0.2, -0.15) is 0 Å². The Morgan fingerprint density at radius 1 is 0.562 bits per heavy atom. The fraction of sp³-hybridized carbons (Fsp3) is 0.929. The van der Waals surface area contributed by atoms with E-state index in [1.165, 1.54) is 89.9 Å². The molecule has 0 aromatic rings. The van der Waals surface area contributed by atoms with Gasteiger partial charge >= 0.3 is 11.9 Å². The van der Waals surface area contributed by atoms with E-state index in [-0.39, 0.29) is 30.9 Å². The number of esters is 2. The van der Waals surface area contributed by atoms with Crippen molar-refractivity contribution in [1.29, 1.82) is 0 Å². The lowest BCUT2D eigenvalue weighted by Crippen LogP contribution is -2.18. The van der Waals surface area contributed by atoms with Crippen LogP contribution < -0.4 is 0 Å². The molecule has 0 heterocycles. The van der Waals surface area contributed by atoms with E-state index in [0.717, 1.165) is 32.1 Å². The summed E-state index contributed by atoms with van der Waals surface area (Å²) in [5.74, 6) is -0.573. The standard InChI is InChI=1S/C28H54O4/c1-4-7-8-9-10-11-12-13-14-15-16-17-18-19-20-21-25-31-27(29)23-24-28(30)32-26(6-3)22-5-2/h26H,4-25H2,1-3H3. The van der Waals surface area contributed by atoms with Crippen molar-refractivity contribution in [3.8, 4) is 0 Å². The van der Waals surface area contributed by atoms with Gasteiger partial charge in [-0.15, -0.1) is 0 Å². The van der Waals surface area contributed by atoms with Crippen molar-refractivity contribution in [3.63, 3.8) is 0 Å². The fourth-order valence-electron chi connectivity index (χ4n) is 4.03. The molecule has 0 aromatic carbocycles. The third-order valence-corrected chi connectivity index (χ3v) is 6.16. The predicted octanol–water partition coefficient (Wildman–Crippen LogP) is 8.69. The van der Waals surface area contributed by atoms with Crippen molar-refractivity contribution in [2.45, 2.75) is 162 Å². The van der Waals surface area contributed by atoms with E-state index >= 15 is 0 Å². The first-order chi connectivity index (χ1) is 15.6. The average molecular weight is 455 g/mol. The minimum absolute atomic E-state index is 0.0198. The van der Waals surface area contributed by atoms with Crippen LogP contribution in [0, 0.1) is 0 Å². The van der Waals surface area contributed by atoms with Crippen LogP contribution >= 0.6 is 0 Å². The van der Waals surface area contributed by atoms with E-state index in [2.05, 4.69) is 13.8 Å². The molecule has 0 amide bonds. The number of hydrogen-bond acceptors (Lipinski definition) is 4. The van der Waals surface area contributed by atoms with Crippen LogP contribution in [-0.2, 0) is 19.1 Å². The van der Waals surface area contributed by atoms with Gasteiger partial charge in [0, 0.05) is 0 Å². The van der Waals surface area contributed by atoms with E-state index in [9.17, 15) is 9.59 Å². The van der Waals surface area contributed by atoms with Crippen molar-refractivity contribution < 1.29 is 19.1 Å². The van der Waals surface area contributed by atoms with Gasteiger partial charge in [-0.1, -0.05) is 124 Å². The third kappa shape index (κ3) is 22.1. The maximum absolute atomic E-state index is 11.8. The second-order valence-corrected chi connectivity index (χ2v) is 9.33. The Morgan fingerprint density at radius 2 is 1.00 bits per heavy atom. The smallest absolute Gasteiger partial charge is 0.306 e. The highest BCUT2D eigenvalue weighted by molar-refractivity contribution is 5.77. The average Bonchev–Trinajstić information content (AvgIpc) is 2.79. The van der Waals surface area contributed by atoms with Gasteiger partial charge in [-0.05, 0) is 19.3 Å². The summed E-state index contributed by atoms with van der Waals surface area (Å²) in [6, 6.07) is 0. The zero-order valence-corrected chi connectivity index (χ0v) is 21.8. The molecule has 0 radical (unpaired) electrons. The molecule has 0 fully saturated rings. The molecule has 4 nitrogen and oxygen atoms in total. The lowest BCUT2D eigenvalue weighted by Gasteiger charge is -2.15. The molecule has 4 heteroatoms. The number of hydrogen-bond donors (Lipinski definition) is 0. The molecule has 32 heavy (non-hydrogen) atoms. The quantitative estimate of drug-likeness (QED) is 0.108. The van der Waals surface area contributed by atoms with Crippen LogP contribution in [0.5, 0.6) is 0 Å². The van der Waals surface area contributed by atoms with Crippen molar-refractivity contribution in [2.75, 3.05) is 6.61 Å². The Labute approximate surface area is 199 Å². The molecule has 1 atom stereocenters. The highest BCUT2D eigenvalue weighted by Crippen LogP contribution is 2.14. The van der Waals surface area contributed by atoms with Gasteiger partial charge in [0.25, 0.3) is 0 Å². The van der Waals surface area contributed by atoms with Gasteiger partial charge in [0.2, 0.25) is 0 Å². The molecule has 0 aliphatic heterocycles. The molecular formula is C28H54O4. The zero-order valence-electron chi connectivity index (χ0n) is 21.8. The van der Waals surface area contributed by atoms with E-state index in [0.29, 0.717) is 6.61 Å². The third-order valence-electron chi connectivity index (χ3n) is 6.16. The summed E-state index contributed by atoms with van der Waals surface area (Å²) in [7, 11) is 0. The van der Waals surface area contributed by atoms with Crippen LogP contribution in [0.2, 0.25) is 0 Å². The van der Waals surface area contributed by atoms with E-state index in [1.54, 1.807) is 0 Å². The molecule has 0 aliphatic carbocycles. The van der Waals surface area contributed by atoms with Gasteiger partial charge in [-0.3, -0.25) is 9.59 Å². The number of carbonyl (C=O) groups is 2. The topological polar surface area (TPSA) is 52.6 Å². The molecular weight excluding hydrogens is 400 g/mol. The summed E-state index contributed by atoms with van der Waals surface area (Å²) in [5, 5.41) is 0. The van der Waals surface area contributed by atoms with Crippen LogP contribution in [0.15, 0.2) is 0 Å². The van der Waals surface area contributed by atoms with Crippen molar-refractivity contribution >= 4 is 11.9 Å². The second kappa shape index (κ2) is 24.6. The van der Waals surface area contributed by atoms with E-state index in [4.69, 9.17) is 9.47 Å². The highest BCUT2D eigenvalue weighted by Gasteiger charge is 2.13. The summed E-state index contributed by atoms with van der Waals surface area (Å²) in [6.07, 6.45) is 24.2. The molecule has 190 valence electrons. The minimum atomic E-state index is -0.287. The van der Waals surface area contributed by atoms with E-state index in [1.807, 2.05) is 6.92 Å². The molecule has 0 aromatic heterocycles. The molecule has 0 saturated carbocycles. The predicted molar refractivity (Wildman–Crippen MR) is 135 cm³/mol. The van der Waals surface area contributed by atoms with Crippen molar-refractivity contribution in [1.82, 2.24) is 0 Å². The first kappa shape index (κ1) is 30.9. The molecule has 0 spiro atoms. The Hall–Kier alpha value is -1.06. The highest BCUT2D eigenvalue weighted by atomic mass is 16.5. The Balaban J connectivity index is 3.33. The monoisotopic (exact) mass is 454 g/mol. The lowest BCUT2D eigenvalue weighted by atomic mass is 10.0. The maximum atomic E-state index is 11.8. The van der Waals surface area contributed by atoms with Crippen LogP contribution in [0.3, 0.4) is 0 Å². The Morgan fingerprint density at radius 3 is 1.44 bits per heavy atom. The number of rotatable bonds is 24. The summed E-state index contributed by atoms with van der Waals surface area (Å²) in [4.78, 5) is 23.6. The lowest BCUT2D eigenvalue weighted by molar-refractivity contribution is -0.154. The van der Waals surface area contributed by atoms with Crippen molar-refractivity contribution in [3.05, 3.63) is 0 Å². The van der Waals surface area contributed by atoms with Gasteiger partial charge < -0.3 is 9.47 Å². The van der Waals surface area contributed by atoms with Crippen LogP contribution in [-0.4, -0.2) is 24.6 Å². The van der Waals surface area contributed by atoms with E-state index < -0.39 is 0 Å². The Kier molecular flexibility index (Phi) is 23.8. The summed E-state index contributed by atoms with van der Waals surface area (Å²) in [6.45, 7) is 6.84. The normalized spacial score (nSPS) is 12.0. The summed E-state index contributed by atoms with van der Waals surface area (Å²) in [5.41, 5.74) is 0. The maximum Gasteiger partial charge on any atom is 0.306 e. The fourth-order valence-corrected chi connectivity index (χ4v) is 4.03. The number of unbranched alkanes of at least 4 members (excludes halogenated alkanes) is 15. The van der Waals surface area contributed by atoms with Gasteiger partial charge in [0.15, 0.2) is 0 Å². The first-order valence-electron chi connectivity index (χ1n) is 14.0. The molecule has 0 N–H and O–H groups in total. The zero-order chi connectivity index (χ0) is 23.7. The molecule has 0 saturated heterocycles. The number of carbonyl (C=O) groups excluding carboxylic acids is 2. The van der Waals surface area contributed by atoms with Gasteiger partial charge in [-0.25, -0.2) is 0 Å². The second-order valence-electron chi connectivity index (χ2n) is 9.33. The largest absolute Gasteiger partial charge is 0.466 e. The molecule has 0 aliphatic rings.